The van der Waals surface area contributed by atoms with Gasteiger partial charge in [-0.1, -0.05) is 0 Å². The number of aryl methyl sites for hydroxylation is 2. The van der Waals surface area contributed by atoms with Crippen molar-refractivity contribution in [3.63, 3.8) is 0 Å². The summed E-state index contributed by atoms with van der Waals surface area (Å²) in [6.07, 6.45) is 4.85. The molecule has 0 bridgehead atoms. The van der Waals surface area contributed by atoms with E-state index < -0.39 is 0 Å². The smallest absolute Gasteiger partial charge is 0.272 e. The van der Waals surface area contributed by atoms with Gasteiger partial charge in [0.2, 0.25) is 0 Å². The van der Waals surface area contributed by atoms with Crippen molar-refractivity contribution < 1.29 is 4.79 Å². The van der Waals surface area contributed by atoms with Crippen molar-refractivity contribution in [3.05, 3.63) is 39.9 Å². The SMILES string of the molecule is Cc1ncc(CNC(=O)c2nccnc2C)s1. The molecule has 1 N–H and O–H groups in total. The maximum Gasteiger partial charge on any atom is 0.272 e. The van der Waals surface area contributed by atoms with Crippen molar-refractivity contribution in [1.82, 2.24) is 20.3 Å². The molecule has 2 aromatic rings. The van der Waals surface area contributed by atoms with Gasteiger partial charge in [0.25, 0.3) is 5.91 Å². The number of carbonyl (C=O) groups is 1. The van der Waals surface area contributed by atoms with Crippen LogP contribution in [-0.2, 0) is 6.54 Å². The van der Waals surface area contributed by atoms with Gasteiger partial charge in [0.1, 0.15) is 5.69 Å². The maximum atomic E-state index is 11.8. The zero-order chi connectivity index (χ0) is 12.3. The van der Waals surface area contributed by atoms with E-state index in [4.69, 9.17) is 0 Å². The van der Waals surface area contributed by atoms with E-state index in [1.807, 2.05) is 6.92 Å². The van der Waals surface area contributed by atoms with Crippen LogP contribution in [-0.4, -0.2) is 20.9 Å². The lowest BCUT2D eigenvalue weighted by Gasteiger charge is -2.04. The average molecular weight is 248 g/mol. The highest BCUT2D eigenvalue weighted by Gasteiger charge is 2.10. The molecule has 0 fully saturated rings. The monoisotopic (exact) mass is 248 g/mol. The zero-order valence-corrected chi connectivity index (χ0v) is 10.4. The molecule has 6 heteroatoms. The third-order valence-electron chi connectivity index (χ3n) is 2.19. The van der Waals surface area contributed by atoms with Crippen LogP contribution in [0.2, 0.25) is 0 Å². The summed E-state index contributed by atoms with van der Waals surface area (Å²) in [4.78, 5) is 25.0. The molecule has 2 rings (SSSR count). The van der Waals surface area contributed by atoms with Crippen molar-refractivity contribution in [2.24, 2.45) is 0 Å². The average Bonchev–Trinajstić information content (AvgIpc) is 2.73. The Bertz CT molecular complexity index is 538. The zero-order valence-electron chi connectivity index (χ0n) is 9.60. The summed E-state index contributed by atoms with van der Waals surface area (Å²) >= 11 is 1.57. The predicted octanol–water partition coefficient (Wildman–Crippen LogP) is 1.48. The second-order valence-electron chi connectivity index (χ2n) is 3.52. The van der Waals surface area contributed by atoms with Crippen LogP contribution in [0, 0.1) is 13.8 Å². The molecule has 0 aliphatic rings. The molecular formula is C11H12N4OS. The molecule has 0 atom stereocenters. The van der Waals surface area contributed by atoms with Gasteiger partial charge in [-0.2, -0.15) is 0 Å². The van der Waals surface area contributed by atoms with Crippen LogP contribution in [0.25, 0.3) is 0 Å². The minimum atomic E-state index is -0.207. The van der Waals surface area contributed by atoms with Crippen LogP contribution in [0.3, 0.4) is 0 Å². The number of aromatic nitrogens is 3. The van der Waals surface area contributed by atoms with Gasteiger partial charge in [-0.05, 0) is 13.8 Å². The van der Waals surface area contributed by atoms with Gasteiger partial charge in [-0.25, -0.2) is 9.97 Å². The molecule has 0 saturated carbocycles. The van der Waals surface area contributed by atoms with Crippen LogP contribution in [0.1, 0.15) is 26.1 Å². The summed E-state index contributed by atoms with van der Waals surface area (Å²) in [7, 11) is 0. The molecule has 0 aromatic carbocycles. The number of rotatable bonds is 3. The fourth-order valence-corrected chi connectivity index (χ4v) is 2.10. The molecular weight excluding hydrogens is 236 g/mol. The van der Waals surface area contributed by atoms with Gasteiger partial charge < -0.3 is 5.32 Å². The Morgan fingerprint density at radius 3 is 2.71 bits per heavy atom. The minimum absolute atomic E-state index is 0.207. The fraction of sp³-hybridized carbons (Fsp3) is 0.273. The Labute approximate surface area is 103 Å². The summed E-state index contributed by atoms with van der Waals surface area (Å²) in [6, 6.07) is 0. The third-order valence-corrected chi connectivity index (χ3v) is 3.10. The van der Waals surface area contributed by atoms with Crippen LogP contribution in [0.5, 0.6) is 0 Å². The first-order valence-corrected chi connectivity index (χ1v) is 5.95. The number of carbonyl (C=O) groups excluding carboxylic acids is 1. The van der Waals surface area contributed by atoms with Gasteiger partial charge in [0.15, 0.2) is 0 Å². The van der Waals surface area contributed by atoms with Crippen molar-refractivity contribution in [2.45, 2.75) is 20.4 Å². The second-order valence-corrected chi connectivity index (χ2v) is 4.84. The first-order chi connectivity index (χ1) is 8.16. The summed E-state index contributed by atoms with van der Waals surface area (Å²) < 4.78 is 0. The lowest BCUT2D eigenvalue weighted by atomic mass is 10.3. The van der Waals surface area contributed by atoms with Gasteiger partial charge in [-0.15, -0.1) is 11.3 Å². The summed E-state index contributed by atoms with van der Waals surface area (Å²) in [5, 5.41) is 3.79. The molecule has 1 amide bonds. The highest BCUT2D eigenvalue weighted by atomic mass is 32.1. The first-order valence-electron chi connectivity index (χ1n) is 5.14. The van der Waals surface area contributed by atoms with E-state index in [0.717, 1.165) is 9.88 Å². The van der Waals surface area contributed by atoms with Gasteiger partial charge in [0.05, 0.1) is 17.2 Å². The molecule has 0 unspecified atom stereocenters. The molecule has 2 heterocycles. The van der Waals surface area contributed by atoms with Gasteiger partial charge in [0, 0.05) is 23.5 Å². The van der Waals surface area contributed by atoms with E-state index in [2.05, 4.69) is 20.3 Å². The number of amides is 1. The molecule has 0 spiro atoms. The molecule has 5 nitrogen and oxygen atoms in total. The van der Waals surface area contributed by atoms with E-state index in [1.54, 1.807) is 30.7 Å². The Kier molecular flexibility index (Phi) is 3.43. The number of nitrogens with one attached hydrogen (secondary N) is 1. The molecule has 0 saturated heterocycles. The standard InChI is InChI=1S/C11H12N4OS/c1-7-10(13-4-3-12-7)11(16)15-6-9-5-14-8(2)17-9/h3-5H,6H2,1-2H3,(H,15,16). The molecule has 0 aliphatic heterocycles. The molecule has 2 aromatic heterocycles. The van der Waals surface area contributed by atoms with Crippen LogP contribution >= 0.6 is 11.3 Å². The lowest BCUT2D eigenvalue weighted by molar-refractivity contribution is 0.0945. The van der Waals surface area contributed by atoms with Gasteiger partial charge >= 0.3 is 0 Å². The topological polar surface area (TPSA) is 67.8 Å². The third kappa shape index (κ3) is 2.85. The van der Waals surface area contributed by atoms with Crippen molar-refractivity contribution in [2.75, 3.05) is 0 Å². The summed E-state index contributed by atoms with van der Waals surface area (Å²) in [5.41, 5.74) is 0.999. The van der Waals surface area contributed by atoms with Crippen LogP contribution in [0.4, 0.5) is 0 Å². The quantitative estimate of drug-likeness (QED) is 0.893. The van der Waals surface area contributed by atoms with Gasteiger partial charge in [-0.3, -0.25) is 9.78 Å². The Morgan fingerprint density at radius 1 is 1.29 bits per heavy atom. The van der Waals surface area contributed by atoms with E-state index in [1.165, 1.54) is 6.20 Å². The highest BCUT2D eigenvalue weighted by Crippen LogP contribution is 2.11. The second kappa shape index (κ2) is 5.01. The summed E-state index contributed by atoms with van der Waals surface area (Å²) in [6.45, 7) is 4.17. The minimum Gasteiger partial charge on any atom is -0.346 e. The highest BCUT2D eigenvalue weighted by molar-refractivity contribution is 7.11. The molecule has 0 radical (unpaired) electrons. The predicted molar refractivity (Wildman–Crippen MR) is 64.8 cm³/mol. The Hall–Kier alpha value is -1.82. The number of nitrogens with zero attached hydrogens (tertiary/aromatic N) is 3. The maximum absolute atomic E-state index is 11.8. The van der Waals surface area contributed by atoms with Crippen molar-refractivity contribution in [3.8, 4) is 0 Å². The Morgan fingerprint density at radius 2 is 2.06 bits per heavy atom. The molecule has 0 aliphatic carbocycles. The van der Waals surface area contributed by atoms with E-state index >= 15 is 0 Å². The molecule has 88 valence electrons. The van der Waals surface area contributed by atoms with E-state index in [0.29, 0.717) is 17.9 Å². The first kappa shape index (κ1) is 11.7. The van der Waals surface area contributed by atoms with E-state index in [9.17, 15) is 4.79 Å². The number of hydrogen-bond acceptors (Lipinski definition) is 5. The van der Waals surface area contributed by atoms with Crippen LogP contribution < -0.4 is 5.32 Å². The Balaban J connectivity index is 2.01. The normalized spacial score (nSPS) is 10.2. The van der Waals surface area contributed by atoms with Crippen molar-refractivity contribution in [1.29, 1.82) is 0 Å². The fourth-order valence-electron chi connectivity index (χ4n) is 1.37. The van der Waals surface area contributed by atoms with Crippen molar-refractivity contribution >= 4 is 17.2 Å². The summed E-state index contributed by atoms with van der Waals surface area (Å²) in [5.74, 6) is -0.207. The lowest BCUT2D eigenvalue weighted by Crippen LogP contribution is -2.24. The number of thiazole rings is 1. The number of hydrogen-bond donors (Lipinski definition) is 1. The largest absolute Gasteiger partial charge is 0.346 e. The van der Waals surface area contributed by atoms with Crippen LogP contribution in [0.15, 0.2) is 18.6 Å². The molecule has 17 heavy (non-hydrogen) atoms. The van der Waals surface area contributed by atoms with E-state index in [-0.39, 0.29) is 5.91 Å².